The standard InChI is InChI=1S/C15H18ClNO4/c16-11-4-3-5-12(8-11)21-9-13(18)17-10-15(14(19)20)6-1-2-7-15/h3-5,8H,1-2,6-7,9-10H2,(H,17,18)(H,19,20). The van der Waals surface area contributed by atoms with Crippen LogP contribution < -0.4 is 10.1 Å². The molecule has 0 aliphatic heterocycles. The Bertz CT molecular complexity index is 526. The molecule has 1 amide bonds. The molecule has 1 aliphatic carbocycles. The molecule has 0 aromatic heterocycles. The van der Waals surface area contributed by atoms with Gasteiger partial charge in [0, 0.05) is 11.6 Å². The molecule has 0 radical (unpaired) electrons. The number of amides is 1. The summed E-state index contributed by atoms with van der Waals surface area (Å²) < 4.78 is 5.31. The number of hydrogen-bond donors (Lipinski definition) is 2. The topological polar surface area (TPSA) is 75.6 Å². The highest BCUT2D eigenvalue weighted by atomic mass is 35.5. The minimum atomic E-state index is -0.837. The number of carboxylic acid groups (broad SMARTS) is 1. The molecular formula is C15H18ClNO4. The minimum Gasteiger partial charge on any atom is -0.484 e. The van der Waals surface area contributed by atoms with E-state index in [0.29, 0.717) is 23.6 Å². The Morgan fingerprint density at radius 1 is 1.33 bits per heavy atom. The van der Waals surface area contributed by atoms with E-state index in [4.69, 9.17) is 16.3 Å². The summed E-state index contributed by atoms with van der Waals surface area (Å²) in [4.78, 5) is 23.1. The number of aliphatic carboxylic acids is 1. The van der Waals surface area contributed by atoms with Gasteiger partial charge in [-0.1, -0.05) is 30.5 Å². The zero-order valence-corrected chi connectivity index (χ0v) is 12.4. The summed E-state index contributed by atoms with van der Waals surface area (Å²) in [7, 11) is 0. The van der Waals surface area contributed by atoms with Crippen molar-refractivity contribution >= 4 is 23.5 Å². The van der Waals surface area contributed by atoms with Crippen LogP contribution in [-0.2, 0) is 9.59 Å². The van der Waals surface area contributed by atoms with E-state index in [0.717, 1.165) is 12.8 Å². The van der Waals surface area contributed by atoms with Crippen LogP contribution in [0.15, 0.2) is 24.3 Å². The fraction of sp³-hybridized carbons (Fsp3) is 0.467. The monoisotopic (exact) mass is 311 g/mol. The van der Waals surface area contributed by atoms with Crippen molar-refractivity contribution in [2.45, 2.75) is 25.7 Å². The summed E-state index contributed by atoms with van der Waals surface area (Å²) in [5.74, 6) is -0.662. The van der Waals surface area contributed by atoms with Gasteiger partial charge in [0.1, 0.15) is 5.75 Å². The van der Waals surface area contributed by atoms with Gasteiger partial charge in [0.15, 0.2) is 6.61 Å². The molecule has 2 N–H and O–H groups in total. The largest absolute Gasteiger partial charge is 0.484 e. The molecule has 0 spiro atoms. The van der Waals surface area contributed by atoms with Gasteiger partial charge >= 0.3 is 5.97 Å². The van der Waals surface area contributed by atoms with E-state index in [9.17, 15) is 14.7 Å². The fourth-order valence-electron chi connectivity index (χ4n) is 2.54. The number of benzene rings is 1. The first-order valence-electron chi connectivity index (χ1n) is 6.90. The van der Waals surface area contributed by atoms with E-state index in [2.05, 4.69) is 5.32 Å². The van der Waals surface area contributed by atoms with Crippen molar-refractivity contribution in [2.75, 3.05) is 13.2 Å². The van der Waals surface area contributed by atoms with Crippen molar-refractivity contribution in [1.82, 2.24) is 5.32 Å². The first-order chi connectivity index (χ1) is 10.0. The Labute approximate surface area is 128 Å². The molecule has 1 fully saturated rings. The number of halogens is 1. The zero-order valence-electron chi connectivity index (χ0n) is 11.6. The maximum atomic E-state index is 11.8. The number of ether oxygens (including phenoxy) is 1. The third-order valence-corrected chi connectivity index (χ3v) is 4.04. The molecule has 114 valence electrons. The van der Waals surface area contributed by atoms with Crippen LogP contribution in [-0.4, -0.2) is 30.1 Å². The summed E-state index contributed by atoms with van der Waals surface area (Å²) in [6.07, 6.45) is 3.00. The van der Waals surface area contributed by atoms with Crippen LogP contribution in [0, 0.1) is 5.41 Å². The Balaban J connectivity index is 1.81. The highest BCUT2D eigenvalue weighted by molar-refractivity contribution is 6.30. The van der Waals surface area contributed by atoms with E-state index in [-0.39, 0.29) is 19.1 Å². The average molecular weight is 312 g/mol. The van der Waals surface area contributed by atoms with Gasteiger partial charge in [-0.25, -0.2) is 0 Å². The smallest absolute Gasteiger partial charge is 0.311 e. The first kappa shape index (κ1) is 15.6. The third kappa shape index (κ3) is 4.11. The van der Waals surface area contributed by atoms with Crippen LogP contribution in [0.3, 0.4) is 0 Å². The van der Waals surface area contributed by atoms with E-state index in [1.54, 1.807) is 24.3 Å². The predicted molar refractivity (Wildman–Crippen MR) is 78.5 cm³/mol. The van der Waals surface area contributed by atoms with Crippen molar-refractivity contribution in [3.05, 3.63) is 29.3 Å². The Morgan fingerprint density at radius 2 is 2.05 bits per heavy atom. The molecule has 0 unspecified atom stereocenters. The lowest BCUT2D eigenvalue weighted by Crippen LogP contribution is -2.42. The van der Waals surface area contributed by atoms with Gasteiger partial charge in [-0.05, 0) is 31.0 Å². The van der Waals surface area contributed by atoms with E-state index in [1.807, 2.05) is 0 Å². The second-order valence-electron chi connectivity index (χ2n) is 5.32. The Hall–Kier alpha value is -1.75. The van der Waals surface area contributed by atoms with Crippen LogP contribution in [0.1, 0.15) is 25.7 Å². The van der Waals surface area contributed by atoms with Gasteiger partial charge in [-0.15, -0.1) is 0 Å². The molecule has 6 heteroatoms. The lowest BCUT2D eigenvalue weighted by molar-refractivity contribution is -0.148. The minimum absolute atomic E-state index is 0.153. The molecule has 0 bridgehead atoms. The zero-order chi connectivity index (χ0) is 15.3. The normalized spacial score (nSPS) is 16.4. The number of hydrogen-bond acceptors (Lipinski definition) is 3. The molecule has 1 aliphatic rings. The molecule has 21 heavy (non-hydrogen) atoms. The van der Waals surface area contributed by atoms with Gasteiger partial charge in [0.25, 0.3) is 5.91 Å². The van der Waals surface area contributed by atoms with Gasteiger partial charge in [-0.2, -0.15) is 0 Å². The lowest BCUT2D eigenvalue weighted by atomic mass is 9.86. The fourth-order valence-corrected chi connectivity index (χ4v) is 2.72. The van der Waals surface area contributed by atoms with Crippen molar-refractivity contribution in [3.8, 4) is 5.75 Å². The van der Waals surface area contributed by atoms with Crippen LogP contribution in [0.2, 0.25) is 5.02 Å². The maximum Gasteiger partial charge on any atom is 0.311 e. The molecule has 5 nitrogen and oxygen atoms in total. The SMILES string of the molecule is O=C(COc1cccc(Cl)c1)NCC1(C(=O)O)CCCC1. The molecule has 1 aromatic rings. The molecule has 0 saturated heterocycles. The van der Waals surface area contributed by atoms with Crippen LogP contribution >= 0.6 is 11.6 Å². The van der Waals surface area contributed by atoms with Gasteiger partial charge in [-0.3, -0.25) is 9.59 Å². The molecular weight excluding hydrogens is 294 g/mol. The Morgan fingerprint density at radius 3 is 2.67 bits per heavy atom. The summed E-state index contributed by atoms with van der Waals surface area (Å²) in [6, 6.07) is 6.76. The predicted octanol–water partition coefficient (Wildman–Crippen LogP) is 2.48. The lowest BCUT2D eigenvalue weighted by Gasteiger charge is -2.23. The number of rotatable bonds is 6. The van der Waals surface area contributed by atoms with Gasteiger partial charge < -0.3 is 15.2 Å². The number of nitrogens with one attached hydrogen (secondary N) is 1. The average Bonchev–Trinajstić information content (AvgIpc) is 2.93. The summed E-state index contributed by atoms with van der Waals surface area (Å²) in [6.45, 7) is -0.00386. The maximum absolute atomic E-state index is 11.8. The van der Waals surface area contributed by atoms with Crippen molar-refractivity contribution in [3.63, 3.8) is 0 Å². The van der Waals surface area contributed by atoms with E-state index in [1.165, 1.54) is 0 Å². The molecule has 0 heterocycles. The van der Waals surface area contributed by atoms with Crippen LogP contribution in [0.25, 0.3) is 0 Å². The van der Waals surface area contributed by atoms with Gasteiger partial charge in [0.05, 0.1) is 5.41 Å². The summed E-state index contributed by atoms with van der Waals surface area (Å²) in [5.41, 5.74) is -0.814. The number of carboxylic acids is 1. The second kappa shape index (κ2) is 6.80. The quantitative estimate of drug-likeness (QED) is 0.846. The molecule has 1 aromatic carbocycles. The summed E-state index contributed by atoms with van der Waals surface area (Å²) >= 11 is 5.81. The number of carbonyl (C=O) groups excluding carboxylic acids is 1. The molecule has 2 rings (SSSR count). The van der Waals surface area contributed by atoms with E-state index >= 15 is 0 Å². The molecule has 0 atom stereocenters. The Kier molecular flexibility index (Phi) is 5.07. The van der Waals surface area contributed by atoms with Crippen molar-refractivity contribution in [1.29, 1.82) is 0 Å². The van der Waals surface area contributed by atoms with Crippen molar-refractivity contribution in [2.24, 2.45) is 5.41 Å². The van der Waals surface area contributed by atoms with Crippen LogP contribution in [0.4, 0.5) is 0 Å². The highest BCUT2D eigenvalue weighted by Gasteiger charge is 2.41. The number of carbonyl (C=O) groups is 2. The summed E-state index contributed by atoms with van der Waals surface area (Å²) in [5, 5.41) is 12.5. The second-order valence-corrected chi connectivity index (χ2v) is 5.75. The highest BCUT2D eigenvalue weighted by Crippen LogP contribution is 2.37. The van der Waals surface area contributed by atoms with Gasteiger partial charge in [0.2, 0.25) is 0 Å². The molecule has 1 saturated carbocycles. The first-order valence-corrected chi connectivity index (χ1v) is 7.28. The van der Waals surface area contributed by atoms with E-state index < -0.39 is 11.4 Å². The third-order valence-electron chi connectivity index (χ3n) is 3.80. The van der Waals surface area contributed by atoms with Crippen LogP contribution in [0.5, 0.6) is 5.75 Å². The van der Waals surface area contributed by atoms with Crippen molar-refractivity contribution < 1.29 is 19.4 Å².